The lowest BCUT2D eigenvalue weighted by Gasteiger charge is -2.00. The predicted octanol–water partition coefficient (Wildman–Crippen LogP) is 0.735. The quantitative estimate of drug-likeness (QED) is 0.425. The number of hydrogen-bond acceptors (Lipinski definition) is 2. The minimum Gasteiger partial charge on any atom is -0.273 e. The Hall–Kier alpha value is -0.660. The highest BCUT2D eigenvalue weighted by Gasteiger charge is 1.95. The van der Waals surface area contributed by atoms with Crippen molar-refractivity contribution in [3.63, 3.8) is 0 Å². The van der Waals surface area contributed by atoms with E-state index in [1.165, 1.54) is 0 Å². The maximum Gasteiger partial charge on any atom is 0.109 e. The van der Waals surface area contributed by atoms with Crippen LogP contribution in [0.15, 0.2) is 9.98 Å². The molecule has 0 fully saturated rings. The van der Waals surface area contributed by atoms with Gasteiger partial charge in [0.15, 0.2) is 0 Å². The molecule has 1 aliphatic rings. The topological polar surface area (TPSA) is 24.7 Å². The first-order chi connectivity index (χ1) is 3.39. The third-order valence-electron chi connectivity index (χ3n) is 0.882. The van der Waals surface area contributed by atoms with E-state index in [0.29, 0.717) is 5.92 Å². The van der Waals surface area contributed by atoms with Gasteiger partial charge in [0.1, 0.15) is 6.34 Å². The van der Waals surface area contributed by atoms with Crippen molar-refractivity contribution < 1.29 is 0 Å². The van der Waals surface area contributed by atoms with Crippen LogP contribution in [0.2, 0.25) is 0 Å². The van der Waals surface area contributed by atoms with Gasteiger partial charge in [0.2, 0.25) is 0 Å². The van der Waals surface area contributed by atoms with Gasteiger partial charge in [-0.05, 0) is 0 Å². The van der Waals surface area contributed by atoms with Crippen molar-refractivity contribution in [3.8, 4) is 0 Å². The first-order valence-electron chi connectivity index (χ1n) is 2.41. The molecular formula is C5H8N2. The standard InChI is InChI=1S/C5H8N2/c1-5-2-6-4-7-3-5/h2,4-5H,3H2,1H3. The van der Waals surface area contributed by atoms with Crippen molar-refractivity contribution in [2.24, 2.45) is 15.9 Å². The second-order valence-corrected chi connectivity index (χ2v) is 1.76. The van der Waals surface area contributed by atoms with Crippen LogP contribution in [0.25, 0.3) is 0 Å². The van der Waals surface area contributed by atoms with E-state index in [1.54, 1.807) is 6.34 Å². The zero-order chi connectivity index (χ0) is 5.11. The molecule has 1 atom stereocenters. The van der Waals surface area contributed by atoms with Gasteiger partial charge in [-0.2, -0.15) is 0 Å². The second kappa shape index (κ2) is 1.87. The molecule has 0 radical (unpaired) electrons. The zero-order valence-electron chi connectivity index (χ0n) is 4.33. The molecule has 1 aliphatic heterocycles. The zero-order valence-corrected chi connectivity index (χ0v) is 4.33. The fraction of sp³-hybridized carbons (Fsp3) is 0.600. The van der Waals surface area contributed by atoms with Crippen molar-refractivity contribution in [3.05, 3.63) is 0 Å². The van der Waals surface area contributed by atoms with Crippen molar-refractivity contribution >= 4 is 12.6 Å². The molecule has 0 saturated heterocycles. The molecule has 0 aromatic carbocycles. The number of rotatable bonds is 0. The molecule has 1 unspecified atom stereocenters. The van der Waals surface area contributed by atoms with Gasteiger partial charge in [-0.1, -0.05) is 6.92 Å². The molecule has 0 aliphatic carbocycles. The van der Waals surface area contributed by atoms with Crippen molar-refractivity contribution in [2.45, 2.75) is 6.92 Å². The summed E-state index contributed by atoms with van der Waals surface area (Å²) < 4.78 is 0. The Balaban J connectivity index is 2.49. The molecule has 0 saturated carbocycles. The number of hydrogen-bond donors (Lipinski definition) is 0. The minimum atomic E-state index is 0.546. The summed E-state index contributed by atoms with van der Waals surface area (Å²) in [5.41, 5.74) is 0. The molecule has 0 aromatic rings. The first-order valence-corrected chi connectivity index (χ1v) is 2.41. The van der Waals surface area contributed by atoms with Crippen LogP contribution >= 0.6 is 0 Å². The van der Waals surface area contributed by atoms with E-state index in [1.807, 2.05) is 6.21 Å². The van der Waals surface area contributed by atoms with Crippen LogP contribution in [-0.2, 0) is 0 Å². The Kier molecular flexibility index (Phi) is 1.20. The van der Waals surface area contributed by atoms with Gasteiger partial charge < -0.3 is 0 Å². The molecular weight excluding hydrogens is 88.1 g/mol. The highest BCUT2D eigenvalue weighted by atomic mass is 14.9. The van der Waals surface area contributed by atoms with Crippen LogP contribution < -0.4 is 0 Å². The van der Waals surface area contributed by atoms with Gasteiger partial charge in [0, 0.05) is 18.7 Å². The molecule has 0 aromatic heterocycles. The van der Waals surface area contributed by atoms with Crippen LogP contribution in [0.3, 0.4) is 0 Å². The highest BCUT2D eigenvalue weighted by molar-refractivity contribution is 5.75. The lowest BCUT2D eigenvalue weighted by atomic mass is 10.2. The molecule has 0 spiro atoms. The summed E-state index contributed by atoms with van der Waals surface area (Å²) in [7, 11) is 0. The summed E-state index contributed by atoms with van der Waals surface area (Å²) in [5, 5.41) is 0. The highest BCUT2D eigenvalue weighted by Crippen LogP contribution is 1.93. The normalized spacial score (nSPS) is 28.4. The molecule has 38 valence electrons. The Morgan fingerprint density at radius 2 is 2.57 bits per heavy atom. The Morgan fingerprint density at radius 3 is 2.86 bits per heavy atom. The van der Waals surface area contributed by atoms with Crippen LogP contribution in [-0.4, -0.2) is 19.1 Å². The van der Waals surface area contributed by atoms with Gasteiger partial charge in [0.25, 0.3) is 0 Å². The van der Waals surface area contributed by atoms with Crippen molar-refractivity contribution in [1.82, 2.24) is 0 Å². The number of aliphatic imine (C=N–C) groups is 2. The molecule has 0 bridgehead atoms. The summed E-state index contributed by atoms with van der Waals surface area (Å²) in [6.45, 7) is 3.00. The van der Waals surface area contributed by atoms with E-state index in [4.69, 9.17) is 0 Å². The van der Waals surface area contributed by atoms with Gasteiger partial charge in [-0.25, -0.2) is 4.99 Å². The van der Waals surface area contributed by atoms with Gasteiger partial charge in [-0.15, -0.1) is 0 Å². The van der Waals surface area contributed by atoms with E-state index < -0.39 is 0 Å². The summed E-state index contributed by atoms with van der Waals surface area (Å²) in [6, 6.07) is 0. The van der Waals surface area contributed by atoms with Crippen LogP contribution in [0, 0.1) is 5.92 Å². The fourth-order valence-corrected chi connectivity index (χ4v) is 0.493. The largest absolute Gasteiger partial charge is 0.273 e. The van der Waals surface area contributed by atoms with Crippen molar-refractivity contribution in [2.75, 3.05) is 6.54 Å². The van der Waals surface area contributed by atoms with E-state index in [0.717, 1.165) is 6.54 Å². The van der Waals surface area contributed by atoms with Crippen LogP contribution in [0.5, 0.6) is 0 Å². The first kappa shape index (κ1) is 4.50. The fourth-order valence-electron chi connectivity index (χ4n) is 0.493. The lowest BCUT2D eigenvalue weighted by Crippen LogP contribution is -2.04. The maximum atomic E-state index is 3.94. The molecule has 2 nitrogen and oxygen atoms in total. The van der Waals surface area contributed by atoms with Gasteiger partial charge in [0.05, 0.1) is 0 Å². The lowest BCUT2D eigenvalue weighted by molar-refractivity contribution is 0.793. The minimum absolute atomic E-state index is 0.546. The van der Waals surface area contributed by atoms with Gasteiger partial charge >= 0.3 is 0 Å². The molecule has 1 rings (SSSR count). The average molecular weight is 96.1 g/mol. The molecule has 7 heavy (non-hydrogen) atoms. The smallest absolute Gasteiger partial charge is 0.109 e. The summed E-state index contributed by atoms with van der Waals surface area (Å²) in [6.07, 6.45) is 3.51. The predicted molar refractivity (Wildman–Crippen MR) is 31.0 cm³/mol. The SMILES string of the molecule is CC1C=NC=NC1. The van der Waals surface area contributed by atoms with E-state index in [-0.39, 0.29) is 0 Å². The molecule has 2 heteroatoms. The third-order valence-corrected chi connectivity index (χ3v) is 0.882. The molecule has 1 heterocycles. The summed E-state index contributed by atoms with van der Waals surface area (Å²) in [5.74, 6) is 0.546. The van der Waals surface area contributed by atoms with Crippen molar-refractivity contribution in [1.29, 1.82) is 0 Å². The van der Waals surface area contributed by atoms with Gasteiger partial charge in [-0.3, -0.25) is 4.99 Å². The summed E-state index contributed by atoms with van der Waals surface area (Å²) in [4.78, 5) is 7.78. The van der Waals surface area contributed by atoms with Crippen LogP contribution in [0.4, 0.5) is 0 Å². The Bertz CT molecular complexity index is 105. The number of nitrogens with zero attached hydrogens (tertiary/aromatic N) is 2. The van der Waals surface area contributed by atoms with E-state index in [9.17, 15) is 0 Å². The Labute approximate surface area is 43.0 Å². The maximum absolute atomic E-state index is 3.94. The Morgan fingerprint density at radius 1 is 1.71 bits per heavy atom. The molecule has 0 amide bonds. The second-order valence-electron chi connectivity index (χ2n) is 1.76. The van der Waals surface area contributed by atoms with E-state index >= 15 is 0 Å². The van der Waals surface area contributed by atoms with Crippen LogP contribution in [0.1, 0.15) is 6.92 Å². The molecule has 0 N–H and O–H groups in total. The van der Waals surface area contributed by atoms with E-state index in [2.05, 4.69) is 16.9 Å². The summed E-state index contributed by atoms with van der Waals surface area (Å²) >= 11 is 0. The average Bonchev–Trinajstić information content (AvgIpc) is 1.69. The third kappa shape index (κ3) is 1.11. The monoisotopic (exact) mass is 96.1 g/mol.